The van der Waals surface area contributed by atoms with E-state index in [0.717, 1.165) is 31.0 Å². The summed E-state index contributed by atoms with van der Waals surface area (Å²) in [6, 6.07) is -0.383. The van der Waals surface area contributed by atoms with Crippen LogP contribution in [0.5, 0.6) is 0 Å². The molecule has 4 fully saturated rings. The highest BCUT2D eigenvalue weighted by atomic mass is 35.5. The summed E-state index contributed by atoms with van der Waals surface area (Å²) in [5.41, 5.74) is -0.302. The van der Waals surface area contributed by atoms with Crippen LogP contribution in [-0.2, 0) is 0 Å². The Bertz CT molecular complexity index is 681. The molecule has 0 heterocycles. The van der Waals surface area contributed by atoms with Gasteiger partial charge in [-0.1, -0.05) is 17.7 Å². The molecule has 130 valence electrons. The van der Waals surface area contributed by atoms with Gasteiger partial charge in [-0.05, 0) is 54.2 Å². The van der Waals surface area contributed by atoms with Gasteiger partial charge in [-0.25, -0.2) is 9.18 Å². The molecule has 0 radical (unpaired) electrons. The molecule has 2 N–H and O–H groups in total. The summed E-state index contributed by atoms with van der Waals surface area (Å²) in [7, 11) is 0. The Morgan fingerprint density at radius 1 is 1.25 bits per heavy atom. The van der Waals surface area contributed by atoms with Crippen LogP contribution in [0.2, 0.25) is 5.02 Å². The Morgan fingerprint density at radius 2 is 1.92 bits per heavy atom. The molecule has 4 unspecified atom stereocenters. The second kappa shape index (κ2) is 5.25. The average Bonchev–Trinajstić information content (AvgIpc) is 2.83. The lowest BCUT2D eigenvalue weighted by Crippen LogP contribution is -2.48. The molecule has 3 nitrogen and oxygen atoms in total. The number of hydrogen-bond acceptors (Lipinski definition) is 1. The van der Waals surface area contributed by atoms with Crippen molar-refractivity contribution >= 4 is 17.6 Å². The van der Waals surface area contributed by atoms with Crippen molar-refractivity contribution in [2.75, 3.05) is 0 Å². The van der Waals surface area contributed by atoms with E-state index in [9.17, 15) is 22.4 Å². The number of hydrogen-bond donors (Lipinski definition) is 2. The van der Waals surface area contributed by atoms with Gasteiger partial charge in [0.1, 0.15) is 5.82 Å². The fourth-order valence-corrected chi connectivity index (χ4v) is 4.85. The van der Waals surface area contributed by atoms with Gasteiger partial charge in [0, 0.05) is 6.04 Å². The number of nitrogens with one attached hydrogen (secondary N) is 2. The standard InChI is InChI=1S/C16H15ClF4N2O/c17-10-5-6(1-2-11(10)18)14(16(19,20)21)23-15(24)22-13-7-3-8-9(4-7)12(8)13/h1-2,5,7-9,12-14H,3-4H2,(H2,22,23,24). The zero-order valence-corrected chi connectivity index (χ0v) is 13.2. The normalized spacial score (nSPS) is 34.1. The first-order chi connectivity index (χ1) is 11.3. The molecule has 4 aliphatic carbocycles. The highest BCUT2D eigenvalue weighted by Crippen LogP contribution is 2.70. The van der Waals surface area contributed by atoms with Crippen molar-refractivity contribution in [2.24, 2.45) is 23.7 Å². The van der Waals surface area contributed by atoms with Gasteiger partial charge in [0.05, 0.1) is 5.02 Å². The van der Waals surface area contributed by atoms with Crippen molar-refractivity contribution in [3.05, 3.63) is 34.6 Å². The zero-order valence-electron chi connectivity index (χ0n) is 12.4. The number of halogens is 5. The van der Waals surface area contributed by atoms with E-state index in [2.05, 4.69) is 5.32 Å². The van der Waals surface area contributed by atoms with E-state index >= 15 is 0 Å². The maximum absolute atomic E-state index is 13.3. The highest BCUT2D eigenvalue weighted by molar-refractivity contribution is 6.30. The first kappa shape index (κ1) is 16.0. The third-order valence-electron chi connectivity index (χ3n) is 5.65. The smallest absolute Gasteiger partial charge is 0.335 e. The first-order valence-corrected chi connectivity index (χ1v) is 8.22. The Balaban J connectivity index is 1.47. The average molecular weight is 363 g/mol. The summed E-state index contributed by atoms with van der Waals surface area (Å²) in [4.78, 5) is 12.1. The SMILES string of the molecule is O=C(NC1C2CC3C(C2)C31)NC(c1ccc(F)c(Cl)c1)C(F)(F)F. The van der Waals surface area contributed by atoms with Gasteiger partial charge < -0.3 is 10.6 Å². The van der Waals surface area contributed by atoms with Crippen molar-refractivity contribution in [3.8, 4) is 0 Å². The predicted molar refractivity (Wildman–Crippen MR) is 78.9 cm³/mol. The van der Waals surface area contributed by atoms with Gasteiger partial charge in [-0.15, -0.1) is 0 Å². The molecule has 4 aliphatic rings. The maximum atomic E-state index is 13.3. The number of carbonyl (C=O) groups is 1. The van der Waals surface area contributed by atoms with Crippen LogP contribution in [0.1, 0.15) is 24.4 Å². The summed E-state index contributed by atoms with van der Waals surface area (Å²) in [5.74, 6) is 1.31. The van der Waals surface area contributed by atoms with Gasteiger partial charge >= 0.3 is 12.2 Å². The Morgan fingerprint density at radius 3 is 2.42 bits per heavy atom. The zero-order chi connectivity index (χ0) is 17.2. The van der Waals surface area contributed by atoms with E-state index in [0.29, 0.717) is 23.7 Å². The van der Waals surface area contributed by atoms with Gasteiger partial charge in [0.25, 0.3) is 0 Å². The first-order valence-electron chi connectivity index (χ1n) is 7.84. The maximum Gasteiger partial charge on any atom is 0.412 e. The minimum Gasteiger partial charge on any atom is -0.335 e. The van der Waals surface area contributed by atoms with Gasteiger partial charge in [0.15, 0.2) is 6.04 Å². The van der Waals surface area contributed by atoms with Crippen molar-refractivity contribution in [1.29, 1.82) is 0 Å². The molecule has 0 spiro atoms. The fourth-order valence-electron chi connectivity index (χ4n) is 4.66. The van der Waals surface area contributed by atoms with Crippen molar-refractivity contribution in [1.82, 2.24) is 10.6 Å². The molecule has 0 saturated heterocycles. The predicted octanol–water partition coefficient (Wildman–Crippen LogP) is 4.04. The summed E-state index contributed by atoms with van der Waals surface area (Å²) < 4.78 is 53.1. The lowest BCUT2D eigenvalue weighted by atomic mass is 10.1. The summed E-state index contributed by atoms with van der Waals surface area (Å²) in [6.45, 7) is 0. The van der Waals surface area contributed by atoms with Crippen molar-refractivity contribution in [3.63, 3.8) is 0 Å². The number of rotatable bonds is 3. The van der Waals surface area contributed by atoms with Gasteiger partial charge in [0.2, 0.25) is 0 Å². The molecule has 8 heteroatoms. The van der Waals surface area contributed by atoms with Gasteiger partial charge in [-0.3, -0.25) is 0 Å². The number of benzene rings is 1. The minimum absolute atomic E-state index is 0.0225. The van der Waals surface area contributed by atoms with Crippen LogP contribution >= 0.6 is 11.6 Å². The highest BCUT2D eigenvalue weighted by Gasteiger charge is 2.68. The molecule has 4 saturated carbocycles. The summed E-state index contributed by atoms with van der Waals surface area (Å²) in [6.07, 6.45) is -2.58. The van der Waals surface area contributed by atoms with Crippen LogP contribution in [0, 0.1) is 29.5 Å². The van der Waals surface area contributed by atoms with Crippen LogP contribution in [-0.4, -0.2) is 18.2 Å². The molecule has 0 aliphatic heterocycles. The third kappa shape index (κ3) is 2.53. The van der Waals surface area contributed by atoms with E-state index in [1.165, 1.54) is 0 Å². The topological polar surface area (TPSA) is 41.1 Å². The number of carbonyl (C=O) groups excluding carboxylic acids is 1. The van der Waals surface area contributed by atoms with Crippen LogP contribution in [0.4, 0.5) is 22.4 Å². The Kier molecular flexibility index (Phi) is 3.50. The number of urea groups is 1. The molecule has 5 rings (SSSR count). The van der Waals surface area contributed by atoms with E-state index in [1.807, 2.05) is 5.32 Å². The van der Waals surface area contributed by atoms with E-state index in [4.69, 9.17) is 11.6 Å². The molecule has 0 aromatic heterocycles. The Hall–Kier alpha value is -1.50. The molecule has 1 aromatic carbocycles. The lowest BCUT2D eigenvalue weighted by molar-refractivity contribution is -0.155. The molecule has 4 atom stereocenters. The van der Waals surface area contributed by atoms with E-state index < -0.39 is 29.1 Å². The van der Waals surface area contributed by atoms with Gasteiger partial charge in [-0.2, -0.15) is 13.2 Å². The number of amides is 2. The van der Waals surface area contributed by atoms with Crippen LogP contribution in [0.15, 0.2) is 18.2 Å². The van der Waals surface area contributed by atoms with Crippen molar-refractivity contribution < 1.29 is 22.4 Å². The molecule has 1 aromatic rings. The molecule has 24 heavy (non-hydrogen) atoms. The molecule has 4 bridgehead atoms. The fraction of sp³-hybridized carbons (Fsp3) is 0.562. The number of alkyl halides is 3. The largest absolute Gasteiger partial charge is 0.412 e. The third-order valence-corrected chi connectivity index (χ3v) is 5.94. The molecular weight excluding hydrogens is 348 g/mol. The lowest BCUT2D eigenvalue weighted by Gasteiger charge is -2.24. The second-order valence-corrected chi connectivity index (χ2v) is 7.34. The molecule has 2 amide bonds. The van der Waals surface area contributed by atoms with Crippen LogP contribution in [0.3, 0.4) is 0 Å². The second-order valence-electron chi connectivity index (χ2n) is 6.93. The van der Waals surface area contributed by atoms with E-state index in [1.54, 1.807) is 0 Å². The summed E-state index contributed by atoms with van der Waals surface area (Å²) >= 11 is 5.56. The van der Waals surface area contributed by atoms with Crippen LogP contribution in [0.25, 0.3) is 0 Å². The minimum atomic E-state index is -4.71. The van der Waals surface area contributed by atoms with E-state index in [-0.39, 0.29) is 11.6 Å². The van der Waals surface area contributed by atoms with Crippen molar-refractivity contribution in [2.45, 2.75) is 31.1 Å². The summed E-state index contributed by atoms with van der Waals surface area (Å²) in [5, 5.41) is 4.26. The Labute approximate surface area is 140 Å². The monoisotopic (exact) mass is 362 g/mol. The van der Waals surface area contributed by atoms with Crippen LogP contribution < -0.4 is 10.6 Å². The molecular formula is C16H15ClF4N2O. The quantitative estimate of drug-likeness (QED) is 0.783.